The van der Waals surface area contributed by atoms with Crippen molar-refractivity contribution in [1.29, 1.82) is 0 Å². The Labute approximate surface area is 124 Å². The van der Waals surface area contributed by atoms with Gasteiger partial charge in [0.15, 0.2) is 0 Å². The summed E-state index contributed by atoms with van der Waals surface area (Å²) in [5, 5.41) is 14.0. The van der Waals surface area contributed by atoms with Crippen LogP contribution in [-0.2, 0) is 6.54 Å². The first kappa shape index (κ1) is 15.9. The second kappa shape index (κ2) is 7.47. The Morgan fingerprint density at radius 1 is 1.38 bits per heavy atom. The Bertz CT molecular complexity index is 490. The van der Waals surface area contributed by atoms with E-state index in [0.717, 1.165) is 19.6 Å². The van der Waals surface area contributed by atoms with Crippen LogP contribution in [0.5, 0.6) is 0 Å². The molecule has 0 spiro atoms. The van der Waals surface area contributed by atoms with Crippen molar-refractivity contribution in [3.63, 3.8) is 0 Å². The molecule has 5 nitrogen and oxygen atoms in total. The molecular formula is C15H22FN3O2. The molecule has 0 aromatic heterocycles. The number of nitro benzene ring substituents is 1. The third-order valence-electron chi connectivity index (χ3n) is 3.88. The van der Waals surface area contributed by atoms with Gasteiger partial charge in [0.1, 0.15) is 0 Å². The molecule has 116 valence electrons. The van der Waals surface area contributed by atoms with E-state index in [0.29, 0.717) is 12.1 Å². The van der Waals surface area contributed by atoms with E-state index in [1.165, 1.54) is 31.4 Å². The third-order valence-corrected chi connectivity index (χ3v) is 3.88. The molecule has 0 radical (unpaired) electrons. The zero-order valence-corrected chi connectivity index (χ0v) is 12.3. The van der Waals surface area contributed by atoms with Gasteiger partial charge in [-0.05, 0) is 32.9 Å². The fourth-order valence-electron chi connectivity index (χ4n) is 2.72. The Morgan fingerprint density at radius 2 is 2.10 bits per heavy atom. The number of halogens is 1. The minimum atomic E-state index is -0.736. The molecule has 0 amide bonds. The van der Waals surface area contributed by atoms with Crippen molar-refractivity contribution >= 4 is 5.69 Å². The van der Waals surface area contributed by atoms with E-state index in [1.54, 1.807) is 6.07 Å². The Hall–Kier alpha value is -1.53. The number of hydrogen-bond donors (Lipinski definition) is 1. The molecule has 1 aromatic rings. The highest BCUT2D eigenvalue weighted by Gasteiger charge is 2.18. The molecule has 6 heteroatoms. The van der Waals surface area contributed by atoms with Crippen molar-refractivity contribution in [2.75, 3.05) is 19.6 Å². The zero-order chi connectivity index (χ0) is 15.2. The van der Waals surface area contributed by atoms with Gasteiger partial charge in [-0.3, -0.25) is 10.1 Å². The second-order valence-corrected chi connectivity index (χ2v) is 5.65. The van der Waals surface area contributed by atoms with E-state index in [-0.39, 0.29) is 6.04 Å². The van der Waals surface area contributed by atoms with Crippen LogP contribution in [0.25, 0.3) is 0 Å². The molecular weight excluding hydrogens is 273 g/mol. The van der Waals surface area contributed by atoms with E-state index in [2.05, 4.69) is 17.1 Å². The van der Waals surface area contributed by atoms with Gasteiger partial charge in [-0.15, -0.1) is 0 Å². The Balaban J connectivity index is 1.87. The van der Waals surface area contributed by atoms with Crippen molar-refractivity contribution in [2.45, 2.75) is 38.8 Å². The van der Waals surface area contributed by atoms with Gasteiger partial charge < -0.3 is 10.2 Å². The van der Waals surface area contributed by atoms with E-state index < -0.39 is 16.4 Å². The summed E-state index contributed by atoms with van der Waals surface area (Å²) >= 11 is 0. The number of rotatable bonds is 6. The van der Waals surface area contributed by atoms with E-state index >= 15 is 0 Å². The van der Waals surface area contributed by atoms with E-state index in [1.807, 2.05) is 0 Å². The molecule has 0 saturated carbocycles. The van der Waals surface area contributed by atoms with Crippen LogP contribution in [0.3, 0.4) is 0 Å². The van der Waals surface area contributed by atoms with Gasteiger partial charge >= 0.3 is 5.69 Å². The first-order valence-electron chi connectivity index (χ1n) is 7.45. The quantitative estimate of drug-likeness (QED) is 0.647. The molecule has 1 heterocycles. The summed E-state index contributed by atoms with van der Waals surface area (Å²) in [6, 6.07) is 4.52. The van der Waals surface area contributed by atoms with Gasteiger partial charge in [-0.2, -0.15) is 4.39 Å². The SMILES string of the molecule is CC(CN1CCCCC1)NCc1cccc([N+](=O)[O-])c1F. The number of likely N-dealkylation sites (tertiary alicyclic amines) is 1. The molecule has 1 aromatic carbocycles. The molecule has 1 aliphatic rings. The summed E-state index contributed by atoms with van der Waals surface area (Å²) in [6.45, 7) is 5.54. The minimum Gasteiger partial charge on any atom is -0.309 e. The average molecular weight is 295 g/mol. The van der Waals surface area contributed by atoms with Crippen LogP contribution >= 0.6 is 0 Å². The normalized spacial score (nSPS) is 17.6. The highest BCUT2D eigenvalue weighted by molar-refractivity contribution is 5.36. The standard InChI is InChI=1S/C15H22FN3O2/c1-12(11-18-8-3-2-4-9-18)17-10-13-6-5-7-14(15(13)16)19(20)21/h5-7,12,17H,2-4,8-11H2,1H3. The van der Waals surface area contributed by atoms with Gasteiger partial charge in [0.05, 0.1) is 4.92 Å². The topological polar surface area (TPSA) is 58.4 Å². The number of piperidine rings is 1. The Kier molecular flexibility index (Phi) is 5.64. The van der Waals surface area contributed by atoms with Gasteiger partial charge in [0.25, 0.3) is 0 Å². The van der Waals surface area contributed by atoms with Crippen molar-refractivity contribution in [1.82, 2.24) is 10.2 Å². The van der Waals surface area contributed by atoms with Crippen molar-refractivity contribution < 1.29 is 9.31 Å². The highest BCUT2D eigenvalue weighted by atomic mass is 19.1. The van der Waals surface area contributed by atoms with Crippen LogP contribution in [0, 0.1) is 15.9 Å². The zero-order valence-electron chi connectivity index (χ0n) is 12.3. The fraction of sp³-hybridized carbons (Fsp3) is 0.600. The number of nitro groups is 1. The van der Waals surface area contributed by atoms with Crippen LogP contribution in [0.1, 0.15) is 31.7 Å². The number of benzene rings is 1. The second-order valence-electron chi connectivity index (χ2n) is 5.65. The summed E-state index contributed by atoms with van der Waals surface area (Å²) in [4.78, 5) is 12.4. The largest absolute Gasteiger partial charge is 0.309 e. The van der Waals surface area contributed by atoms with Crippen molar-refractivity contribution in [2.24, 2.45) is 0 Å². The maximum absolute atomic E-state index is 13.9. The number of nitrogens with one attached hydrogen (secondary N) is 1. The first-order valence-corrected chi connectivity index (χ1v) is 7.45. The predicted molar refractivity (Wildman–Crippen MR) is 79.6 cm³/mol. The molecule has 1 atom stereocenters. The molecule has 1 saturated heterocycles. The number of nitrogens with zero attached hydrogens (tertiary/aromatic N) is 2. The van der Waals surface area contributed by atoms with Crippen LogP contribution in [-0.4, -0.2) is 35.5 Å². The molecule has 1 fully saturated rings. The monoisotopic (exact) mass is 295 g/mol. The summed E-state index contributed by atoms with van der Waals surface area (Å²) in [6.07, 6.45) is 3.79. The average Bonchev–Trinajstić information content (AvgIpc) is 2.47. The highest BCUT2D eigenvalue weighted by Crippen LogP contribution is 2.20. The lowest BCUT2D eigenvalue weighted by atomic mass is 10.1. The minimum absolute atomic E-state index is 0.224. The van der Waals surface area contributed by atoms with Crippen LogP contribution in [0.15, 0.2) is 18.2 Å². The lowest BCUT2D eigenvalue weighted by molar-refractivity contribution is -0.387. The van der Waals surface area contributed by atoms with Crippen LogP contribution in [0.2, 0.25) is 0 Å². The molecule has 0 aliphatic carbocycles. The third kappa shape index (κ3) is 4.47. The van der Waals surface area contributed by atoms with Crippen LogP contribution < -0.4 is 5.32 Å². The summed E-state index contributed by atoms with van der Waals surface area (Å²) in [5.74, 6) is -0.736. The maximum atomic E-state index is 13.9. The fourth-order valence-corrected chi connectivity index (χ4v) is 2.72. The van der Waals surface area contributed by atoms with Gasteiger partial charge in [-0.1, -0.05) is 18.6 Å². The summed E-state index contributed by atoms with van der Waals surface area (Å²) in [7, 11) is 0. The van der Waals surface area contributed by atoms with Gasteiger partial charge in [0, 0.05) is 30.8 Å². The smallest absolute Gasteiger partial charge is 0.305 e. The molecule has 21 heavy (non-hydrogen) atoms. The summed E-state index contributed by atoms with van der Waals surface area (Å²) in [5.41, 5.74) is -0.118. The molecule has 2 rings (SSSR count). The lowest BCUT2D eigenvalue weighted by Gasteiger charge is -2.29. The molecule has 1 N–H and O–H groups in total. The Morgan fingerprint density at radius 3 is 2.76 bits per heavy atom. The van der Waals surface area contributed by atoms with E-state index in [9.17, 15) is 14.5 Å². The van der Waals surface area contributed by atoms with Crippen LogP contribution in [0.4, 0.5) is 10.1 Å². The molecule has 1 unspecified atom stereocenters. The lowest BCUT2D eigenvalue weighted by Crippen LogP contribution is -2.41. The van der Waals surface area contributed by atoms with Gasteiger partial charge in [0.2, 0.25) is 5.82 Å². The van der Waals surface area contributed by atoms with Gasteiger partial charge in [-0.25, -0.2) is 0 Å². The molecule has 0 bridgehead atoms. The predicted octanol–water partition coefficient (Wildman–Crippen LogP) is 2.70. The van der Waals surface area contributed by atoms with E-state index in [4.69, 9.17) is 0 Å². The number of hydrogen-bond acceptors (Lipinski definition) is 4. The van der Waals surface area contributed by atoms with Crippen molar-refractivity contribution in [3.8, 4) is 0 Å². The first-order chi connectivity index (χ1) is 10.1. The summed E-state index contributed by atoms with van der Waals surface area (Å²) < 4.78 is 13.9. The maximum Gasteiger partial charge on any atom is 0.305 e. The van der Waals surface area contributed by atoms with Crippen molar-refractivity contribution in [3.05, 3.63) is 39.7 Å². The molecule has 1 aliphatic heterocycles.